The van der Waals surface area contributed by atoms with E-state index in [1.807, 2.05) is 0 Å². The summed E-state index contributed by atoms with van der Waals surface area (Å²) in [5, 5.41) is 0.612. The van der Waals surface area contributed by atoms with E-state index in [0.29, 0.717) is 16.5 Å². The molecule has 0 saturated carbocycles. The third-order valence-corrected chi connectivity index (χ3v) is 7.03. The van der Waals surface area contributed by atoms with Crippen LogP contribution < -0.4 is 9.64 Å². The highest BCUT2D eigenvalue weighted by Gasteiger charge is 2.36. The Morgan fingerprint density at radius 2 is 1.92 bits per heavy atom. The minimum Gasteiger partial charge on any atom is -0.484 e. The van der Waals surface area contributed by atoms with Crippen LogP contribution in [0.2, 0.25) is 10.0 Å². The Kier molecular flexibility index (Phi) is 6.35. The summed E-state index contributed by atoms with van der Waals surface area (Å²) in [5.41, 5.74) is 0.308. The van der Waals surface area contributed by atoms with E-state index in [1.165, 1.54) is 11.0 Å². The first-order valence-corrected chi connectivity index (χ1v) is 10.5. The number of anilines is 1. The van der Waals surface area contributed by atoms with Crippen molar-refractivity contribution in [3.05, 3.63) is 22.2 Å². The van der Waals surface area contributed by atoms with Gasteiger partial charge in [0.05, 0.1) is 15.7 Å². The summed E-state index contributed by atoms with van der Waals surface area (Å²) >= 11 is 12.5. The number of amides is 3. The molecular formula is C16H21Cl2N2O3P. The van der Waals surface area contributed by atoms with E-state index in [4.69, 9.17) is 27.9 Å². The number of imide groups is 1. The quantitative estimate of drug-likeness (QED) is 0.525. The number of likely N-dealkylation sites (N-methyl/N-ethyl adjacent to an activating group) is 1. The van der Waals surface area contributed by atoms with Gasteiger partial charge in [0.2, 0.25) is 0 Å². The van der Waals surface area contributed by atoms with Crippen molar-refractivity contribution in [2.75, 3.05) is 31.3 Å². The number of hydrogen-bond donors (Lipinski definition) is 0. The molecular weight excluding hydrogens is 370 g/mol. The maximum atomic E-state index is 12.2. The Bertz CT molecular complexity index is 656. The predicted molar refractivity (Wildman–Crippen MR) is 100 cm³/mol. The first kappa shape index (κ1) is 19.3. The van der Waals surface area contributed by atoms with Crippen molar-refractivity contribution >= 4 is 48.7 Å². The Balaban J connectivity index is 2.38. The van der Waals surface area contributed by atoms with Crippen LogP contribution in [0, 0.1) is 0 Å². The number of halogens is 2. The van der Waals surface area contributed by atoms with Gasteiger partial charge in [0.25, 0.3) is 5.91 Å². The summed E-state index contributed by atoms with van der Waals surface area (Å²) in [6.45, 7) is 6.40. The molecule has 0 radical (unpaired) electrons. The Morgan fingerprint density at radius 3 is 2.42 bits per heavy atom. The molecule has 0 spiro atoms. The molecule has 2 rings (SSSR count). The van der Waals surface area contributed by atoms with Crippen molar-refractivity contribution in [1.82, 2.24) is 4.90 Å². The van der Waals surface area contributed by atoms with Crippen molar-refractivity contribution in [3.8, 4) is 5.75 Å². The zero-order valence-electron chi connectivity index (χ0n) is 14.2. The maximum Gasteiger partial charge on any atom is 0.331 e. The second kappa shape index (κ2) is 7.90. The number of nitrogens with zero attached hydrogens (tertiary/aromatic N) is 2. The zero-order valence-corrected chi connectivity index (χ0v) is 16.6. The van der Waals surface area contributed by atoms with Gasteiger partial charge in [-0.1, -0.05) is 45.0 Å². The molecule has 1 aliphatic rings. The average molecular weight is 391 g/mol. The lowest BCUT2D eigenvalue weighted by atomic mass is 10.2. The van der Waals surface area contributed by atoms with Crippen LogP contribution in [0.15, 0.2) is 12.1 Å². The first-order chi connectivity index (χ1) is 11.3. The molecule has 24 heavy (non-hydrogen) atoms. The van der Waals surface area contributed by atoms with Gasteiger partial charge >= 0.3 is 6.03 Å². The molecule has 0 aromatic heterocycles. The minimum atomic E-state index is -0.409. The summed E-state index contributed by atoms with van der Waals surface area (Å²) in [6.07, 6.45) is 1.90. The monoisotopic (exact) mass is 390 g/mol. The lowest BCUT2D eigenvalue weighted by molar-refractivity contribution is -0.116. The van der Waals surface area contributed by atoms with E-state index >= 15 is 0 Å². The minimum absolute atomic E-state index is 0.0294. The number of hydrogen-bond acceptors (Lipinski definition) is 3. The molecule has 8 heteroatoms. The molecule has 132 valence electrons. The lowest BCUT2D eigenvalue weighted by Crippen LogP contribution is -2.31. The molecule has 5 nitrogen and oxygen atoms in total. The second-order valence-electron chi connectivity index (χ2n) is 5.66. The molecule has 2 unspecified atom stereocenters. The van der Waals surface area contributed by atoms with Gasteiger partial charge in [-0.3, -0.25) is 4.79 Å². The molecule has 0 N–H and O–H groups in total. The van der Waals surface area contributed by atoms with E-state index in [1.54, 1.807) is 13.1 Å². The summed E-state index contributed by atoms with van der Waals surface area (Å²) in [6, 6.07) is 2.69. The van der Waals surface area contributed by atoms with Crippen molar-refractivity contribution in [3.63, 3.8) is 0 Å². The second-order valence-corrected chi connectivity index (χ2v) is 9.19. The zero-order chi connectivity index (χ0) is 18.0. The van der Waals surface area contributed by atoms with Crippen molar-refractivity contribution in [1.29, 1.82) is 0 Å². The molecule has 0 aliphatic carbocycles. The fraction of sp³-hybridized carbons (Fsp3) is 0.500. The van der Waals surface area contributed by atoms with Crippen LogP contribution >= 0.6 is 31.1 Å². The molecule has 1 fully saturated rings. The van der Waals surface area contributed by atoms with Gasteiger partial charge in [-0.05, 0) is 25.3 Å². The summed E-state index contributed by atoms with van der Waals surface area (Å²) in [5.74, 6) is 0.182. The smallest absolute Gasteiger partial charge is 0.331 e. The number of urea groups is 1. The van der Waals surface area contributed by atoms with Crippen LogP contribution in [0.1, 0.15) is 20.3 Å². The molecule has 0 bridgehead atoms. The van der Waals surface area contributed by atoms with Gasteiger partial charge in [-0.2, -0.15) is 0 Å². The van der Waals surface area contributed by atoms with Crippen molar-refractivity contribution < 1.29 is 14.3 Å². The predicted octanol–water partition coefficient (Wildman–Crippen LogP) is 4.64. The van der Waals surface area contributed by atoms with Crippen LogP contribution in [-0.4, -0.2) is 49.1 Å². The molecule has 1 saturated heterocycles. The number of rotatable bonds is 6. The normalized spacial score (nSPS) is 17.4. The number of carbonyl (C=O) groups excluding carboxylic acids is 2. The number of benzene rings is 1. The Morgan fingerprint density at radius 1 is 1.25 bits per heavy atom. The summed E-state index contributed by atoms with van der Waals surface area (Å²) in [7, 11) is 1.27. The molecule has 1 aromatic carbocycles. The van der Waals surface area contributed by atoms with Crippen LogP contribution in [0.5, 0.6) is 5.75 Å². The van der Waals surface area contributed by atoms with E-state index in [-0.39, 0.29) is 31.2 Å². The van der Waals surface area contributed by atoms with E-state index in [9.17, 15) is 9.59 Å². The third-order valence-electron chi connectivity index (χ3n) is 3.98. The molecule has 1 aliphatic heterocycles. The number of ether oxygens (including phenoxy) is 1. The fourth-order valence-electron chi connectivity index (χ4n) is 2.47. The van der Waals surface area contributed by atoms with Gasteiger partial charge in [0.15, 0.2) is 0 Å². The van der Waals surface area contributed by atoms with Crippen LogP contribution in [0.4, 0.5) is 10.5 Å². The van der Waals surface area contributed by atoms with Gasteiger partial charge in [0, 0.05) is 13.1 Å². The van der Waals surface area contributed by atoms with Crippen molar-refractivity contribution in [2.45, 2.75) is 26.1 Å². The molecule has 2 atom stereocenters. The topological polar surface area (TPSA) is 49.9 Å². The summed E-state index contributed by atoms with van der Waals surface area (Å²) in [4.78, 5) is 26.7. The Labute approximate surface area is 153 Å². The summed E-state index contributed by atoms with van der Waals surface area (Å²) < 4.78 is 6.07. The fourth-order valence-corrected chi connectivity index (χ4v) is 4.31. The van der Waals surface area contributed by atoms with Gasteiger partial charge in [-0.15, -0.1) is 0 Å². The standard InChI is InChI=1S/C16H21Cl2N2O3P/c1-5-15(24(4)6-2)23-13-8-12(10(17)7-11(13)18)20-14(21)9-19(3)16(20)22/h7-8,15H,5-6,9H2,1-4H3. The molecule has 1 aromatic rings. The first-order valence-electron chi connectivity index (χ1n) is 7.74. The largest absolute Gasteiger partial charge is 0.484 e. The van der Waals surface area contributed by atoms with Gasteiger partial charge in [-0.25, -0.2) is 9.69 Å². The van der Waals surface area contributed by atoms with Crippen LogP contribution in [-0.2, 0) is 4.79 Å². The van der Waals surface area contributed by atoms with Gasteiger partial charge in [0.1, 0.15) is 18.1 Å². The highest BCUT2D eigenvalue weighted by atomic mass is 35.5. The number of carbonyl (C=O) groups is 2. The SMILES string of the molecule is CCC(Oc1cc(N2C(=O)CN(C)C2=O)c(Cl)cc1Cl)P(C)CC. The van der Waals surface area contributed by atoms with E-state index < -0.39 is 6.03 Å². The van der Waals surface area contributed by atoms with Crippen LogP contribution in [0.25, 0.3) is 0 Å². The highest BCUT2D eigenvalue weighted by Crippen LogP contribution is 2.43. The maximum absolute atomic E-state index is 12.2. The Hall–Kier alpha value is -1.03. The van der Waals surface area contributed by atoms with Crippen LogP contribution in [0.3, 0.4) is 0 Å². The van der Waals surface area contributed by atoms with E-state index in [0.717, 1.165) is 17.5 Å². The molecule has 3 amide bonds. The third kappa shape index (κ3) is 3.79. The lowest BCUT2D eigenvalue weighted by Gasteiger charge is -2.25. The molecule has 1 heterocycles. The van der Waals surface area contributed by atoms with Gasteiger partial charge < -0.3 is 9.64 Å². The van der Waals surface area contributed by atoms with Crippen molar-refractivity contribution in [2.24, 2.45) is 0 Å². The van der Waals surface area contributed by atoms with E-state index in [2.05, 4.69) is 20.5 Å². The average Bonchev–Trinajstić information content (AvgIpc) is 2.79. The highest BCUT2D eigenvalue weighted by molar-refractivity contribution is 7.57.